The van der Waals surface area contributed by atoms with Gasteiger partial charge in [0, 0.05) is 209 Å². The van der Waals surface area contributed by atoms with Gasteiger partial charge in [0.25, 0.3) is 10.2 Å². The molecule has 0 atom stereocenters. The van der Waals surface area contributed by atoms with E-state index in [0.717, 1.165) is 169 Å². The normalized spacial score (nSPS) is 19.8. The van der Waals surface area contributed by atoms with E-state index in [1.807, 2.05) is 40.9 Å². The maximum absolute atomic E-state index is 12.0. The van der Waals surface area contributed by atoms with Gasteiger partial charge in [0.15, 0.2) is 0 Å². The van der Waals surface area contributed by atoms with Crippen LogP contribution in [0.15, 0.2) is 24.5 Å². The van der Waals surface area contributed by atoms with Crippen LogP contribution in [0.2, 0.25) is 0 Å². The van der Waals surface area contributed by atoms with E-state index in [1.165, 1.54) is 9.21 Å². The second kappa shape index (κ2) is 53.1. The van der Waals surface area contributed by atoms with Crippen molar-refractivity contribution in [3.8, 4) is 0 Å². The summed E-state index contributed by atoms with van der Waals surface area (Å²) in [5, 5.41) is 47.7. The number of aliphatic hydroxyl groups excluding tert-OH is 2. The fraction of sp³-hybridized carbons (Fsp3) is 0.845. The van der Waals surface area contributed by atoms with Gasteiger partial charge in [-0.25, -0.2) is 9.93 Å². The average Bonchev–Trinajstić information content (AvgIpc) is 3.64. The molecule has 7 fully saturated rings. The molecule has 7 aliphatic heterocycles. The molecule has 1 aromatic rings. The zero-order valence-electron chi connectivity index (χ0n) is 48.9. The van der Waals surface area contributed by atoms with E-state index in [2.05, 4.69) is 84.3 Å². The van der Waals surface area contributed by atoms with Crippen molar-refractivity contribution in [2.45, 2.75) is 64.8 Å². The summed E-state index contributed by atoms with van der Waals surface area (Å²) in [7, 11) is 11.0. The maximum Gasteiger partial charge on any atom is 0.407 e. The first-order chi connectivity index (χ1) is 37.5. The van der Waals surface area contributed by atoms with E-state index in [4.69, 9.17) is 30.7 Å². The summed E-state index contributed by atoms with van der Waals surface area (Å²) in [5.41, 5.74) is 1.04. The molecule has 0 unspecified atom stereocenters. The Hall–Kier alpha value is -3.82. The van der Waals surface area contributed by atoms with Gasteiger partial charge in [-0.2, -0.15) is 12.7 Å². The predicted octanol–water partition coefficient (Wildman–Crippen LogP) is 0.636. The van der Waals surface area contributed by atoms with Crippen LogP contribution >= 0.6 is 0 Å². The van der Waals surface area contributed by atoms with Crippen molar-refractivity contribution in [3.63, 3.8) is 0 Å². The lowest BCUT2D eigenvalue weighted by Crippen LogP contribution is -2.49. The third kappa shape index (κ3) is 44.6. The molecule has 0 aliphatic carbocycles. The van der Waals surface area contributed by atoms with Gasteiger partial charge in [-0.05, 0) is 67.0 Å². The number of piperazine rings is 7. The van der Waals surface area contributed by atoms with Gasteiger partial charge in [0.05, 0.1) is 32.7 Å². The van der Waals surface area contributed by atoms with Crippen LogP contribution in [0.1, 0.15) is 64.0 Å². The van der Waals surface area contributed by atoms with Crippen LogP contribution < -0.4 is 5.14 Å². The average molecular weight is 1260 g/mol. The number of rotatable bonds is 11. The SMILES string of the molecule is C.C.C.C.C.C.C.CN1CCN(C(=O)Cc2ccncc2)CC1.CN1CCN(C(=O)O)CC1.CN1CCN(CC(=O)O)CC1.CN1CCN(CCC(=O)O)CC1.CN1CCN(CCO)CC1.CN1CCN(CO)CC1.CN1CCN(S(N)(=O)=O)CC1. The Bertz CT molecular complexity index is 1890. The molecule has 0 bridgehead atoms. The lowest BCUT2D eigenvalue weighted by molar-refractivity contribution is -0.139. The molecule has 7 N–H and O–H groups in total. The minimum atomic E-state index is -3.44. The number of nitrogens with two attached hydrogens (primary N) is 1. The first-order valence-electron chi connectivity index (χ1n) is 27.7. The largest absolute Gasteiger partial charge is 0.481 e. The third-order valence-electron chi connectivity index (χ3n) is 14.6. The Morgan fingerprint density at radius 3 is 1.07 bits per heavy atom. The highest BCUT2D eigenvalue weighted by atomic mass is 32.2. The lowest BCUT2D eigenvalue weighted by Gasteiger charge is -2.32. The monoisotopic (exact) mass is 1260 g/mol. The third-order valence-corrected chi connectivity index (χ3v) is 15.6. The molecule has 1 aromatic heterocycles. The number of aliphatic carboxylic acids is 2. The van der Waals surface area contributed by atoms with Crippen molar-refractivity contribution < 1.29 is 53.1 Å². The standard InChI is InChI=1S/C12H17N3O.C8H16N2O2.C7H14N2O2.C7H16N2O.C6H12N2O2.C6H14N2O.C5H13N3O2S.7CH4/c1-14-6-8-15(9-7-14)12(16)10-11-2-4-13-5-3-11;1-9-4-6-10(7-5-9)3-2-8(11)12;1-8-2-4-9(5-3-8)6-7(10)11;1-8-2-4-9(5-3-8)6-7-10;1-7-2-4-8(5-3-7)6(9)10;1-7-2-4-8(6-9)5-3-7;1-7-2-4-8(5-3-7)11(6,9)10;;;;;;;/h2-5H,6-10H2,1H3;2-7H2,1H3,(H,11,12);2-6H2,1H3,(H,10,11);10H,2-7H2,1H3;2-5H2,1H3,(H,9,10);9H,2-6H2,1H3;2-5H2,1H3,(H2,6,9,10);7*1H4. The second-order valence-corrected chi connectivity index (χ2v) is 22.8. The number of pyridine rings is 1. The minimum absolute atomic E-state index is 0. The van der Waals surface area contributed by atoms with E-state index in [0.29, 0.717) is 45.8 Å². The Morgan fingerprint density at radius 2 is 0.756 bits per heavy atom. The number of carbonyl (C=O) groups is 4. The highest BCUT2D eigenvalue weighted by Crippen LogP contribution is 2.06. The van der Waals surface area contributed by atoms with Crippen molar-refractivity contribution in [3.05, 3.63) is 30.1 Å². The highest BCUT2D eigenvalue weighted by Gasteiger charge is 2.23. The molecular weight excluding hydrogens is 1130 g/mol. The highest BCUT2D eigenvalue weighted by molar-refractivity contribution is 7.86. The molecule has 8 heterocycles. The Labute approximate surface area is 524 Å². The smallest absolute Gasteiger partial charge is 0.407 e. The van der Waals surface area contributed by atoms with Crippen LogP contribution in [0.5, 0.6) is 0 Å². The van der Waals surface area contributed by atoms with E-state index < -0.39 is 28.2 Å². The van der Waals surface area contributed by atoms with Crippen LogP contribution in [0.3, 0.4) is 0 Å². The first-order valence-corrected chi connectivity index (χ1v) is 29.2. The lowest BCUT2D eigenvalue weighted by atomic mass is 10.1. The van der Waals surface area contributed by atoms with Crippen LogP contribution in [-0.4, -0.2) is 396 Å². The molecule has 2 amide bonds. The molecule has 28 heteroatoms. The summed E-state index contributed by atoms with van der Waals surface area (Å²) in [5.74, 6) is -1.21. The zero-order chi connectivity index (χ0) is 58.8. The summed E-state index contributed by atoms with van der Waals surface area (Å²) in [6.07, 6.45) is 3.42. The molecular formula is C58H130N16O11S. The number of aliphatic hydroxyl groups is 2. The van der Waals surface area contributed by atoms with Gasteiger partial charge < -0.3 is 74.5 Å². The Kier molecular flexibility index (Phi) is 57.6. The maximum atomic E-state index is 12.0. The number of carboxylic acids is 2. The summed E-state index contributed by atoms with van der Waals surface area (Å²) in [6.45, 7) is 27.9. The molecule has 7 aliphatic rings. The fourth-order valence-corrected chi connectivity index (χ4v) is 9.28. The number of hydrogen-bond donors (Lipinski definition) is 6. The van der Waals surface area contributed by atoms with Gasteiger partial charge in [-0.1, -0.05) is 52.0 Å². The Balaban J connectivity index is -0.000000216. The molecule has 7 saturated heterocycles. The van der Waals surface area contributed by atoms with Crippen molar-refractivity contribution in [2.75, 3.05) is 266 Å². The van der Waals surface area contributed by atoms with Crippen LogP contribution in [0.25, 0.3) is 0 Å². The molecule has 8 rings (SSSR count). The van der Waals surface area contributed by atoms with E-state index in [1.54, 1.807) is 12.4 Å². The van der Waals surface area contributed by atoms with Crippen molar-refractivity contribution in [2.24, 2.45) is 5.14 Å². The molecule has 514 valence electrons. The van der Waals surface area contributed by atoms with E-state index in [9.17, 15) is 27.6 Å². The number of amides is 2. The van der Waals surface area contributed by atoms with Crippen LogP contribution in [0.4, 0.5) is 4.79 Å². The molecule has 0 aromatic carbocycles. The van der Waals surface area contributed by atoms with Gasteiger partial charge in [0.1, 0.15) is 0 Å². The summed E-state index contributed by atoms with van der Waals surface area (Å²) < 4.78 is 22.9. The number of aromatic nitrogens is 1. The molecule has 0 saturated carbocycles. The van der Waals surface area contributed by atoms with Gasteiger partial charge in [-0.15, -0.1) is 0 Å². The van der Waals surface area contributed by atoms with Gasteiger partial charge in [-0.3, -0.25) is 34.1 Å². The van der Waals surface area contributed by atoms with E-state index >= 15 is 0 Å². The minimum Gasteiger partial charge on any atom is -0.481 e. The van der Waals surface area contributed by atoms with Gasteiger partial charge in [0.2, 0.25) is 5.91 Å². The second-order valence-electron chi connectivity index (χ2n) is 21.2. The van der Waals surface area contributed by atoms with Gasteiger partial charge >= 0.3 is 18.0 Å². The quantitative estimate of drug-likeness (QED) is 0.177. The van der Waals surface area contributed by atoms with Crippen LogP contribution in [-0.2, 0) is 31.0 Å². The number of hydrogen-bond acceptors (Lipinski definition) is 20. The van der Waals surface area contributed by atoms with E-state index in [-0.39, 0.29) is 77.6 Å². The topological polar surface area (TPSA) is 288 Å². The number of likely N-dealkylation sites (N-methyl/N-ethyl adjacent to an activating group) is 7. The molecule has 0 radical (unpaired) electrons. The summed E-state index contributed by atoms with van der Waals surface area (Å²) in [6, 6.07) is 3.79. The Morgan fingerprint density at radius 1 is 0.442 bits per heavy atom. The molecule has 86 heavy (non-hydrogen) atoms. The predicted molar refractivity (Wildman–Crippen MR) is 353 cm³/mol. The summed E-state index contributed by atoms with van der Waals surface area (Å²) in [4.78, 5) is 74.2. The summed E-state index contributed by atoms with van der Waals surface area (Å²) >= 11 is 0. The zero-order valence-corrected chi connectivity index (χ0v) is 49.8. The fourth-order valence-electron chi connectivity index (χ4n) is 8.61. The molecule has 0 spiro atoms. The number of carboxylic acid groups (broad SMARTS) is 3. The molecule has 27 nitrogen and oxygen atoms in total. The first kappa shape index (κ1) is 93.3. The number of nitrogens with zero attached hydrogens (tertiary/aromatic N) is 15. The van der Waals surface area contributed by atoms with Crippen molar-refractivity contribution in [1.29, 1.82) is 0 Å². The van der Waals surface area contributed by atoms with Crippen LogP contribution in [0, 0.1) is 0 Å². The van der Waals surface area contributed by atoms with Crippen molar-refractivity contribution >= 4 is 34.1 Å². The number of β-amino-alcohol motifs (C(OH)–C–C–N with tert-alkyl or cyclic N) is 1. The number of carbonyl (C=O) groups excluding carboxylic acids is 1. The van der Waals surface area contributed by atoms with Crippen molar-refractivity contribution in [1.82, 2.24) is 73.0 Å².